The third-order valence-electron chi connectivity index (χ3n) is 2.66. The van der Waals surface area contributed by atoms with Crippen LogP contribution in [-0.4, -0.2) is 13.1 Å². The Morgan fingerprint density at radius 1 is 1.20 bits per heavy atom. The molecule has 0 heterocycles. The van der Waals surface area contributed by atoms with Gasteiger partial charge in [-0.3, -0.25) is 0 Å². The predicted molar refractivity (Wildman–Crippen MR) is 75.9 cm³/mol. The molecule has 104 valence electrons. The van der Waals surface area contributed by atoms with Crippen LogP contribution in [0, 0.1) is 5.82 Å². The van der Waals surface area contributed by atoms with E-state index in [9.17, 15) is 9.18 Å². The summed E-state index contributed by atoms with van der Waals surface area (Å²) in [4.78, 5) is 11.8. The third kappa shape index (κ3) is 3.36. The monoisotopic (exact) mass is 338 g/mol. The maximum absolute atomic E-state index is 13.5. The first-order chi connectivity index (χ1) is 9.61. The van der Waals surface area contributed by atoms with Gasteiger partial charge in [0.2, 0.25) is 6.10 Å². The molecule has 0 aliphatic rings. The van der Waals surface area contributed by atoms with E-state index in [1.807, 2.05) is 6.07 Å². The zero-order valence-corrected chi connectivity index (χ0v) is 12.3. The number of ether oxygens (including phenoxy) is 2. The fourth-order valence-corrected chi connectivity index (χ4v) is 1.92. The van der Waals surface area contributed by atoms with Gasteiger partial charge in [-0.05, 0) is 28.1 Å². The van der Waals surface area contributed by atoms with Crippen molar-refractivity contribution >= 4 is 21.9 Å². The summed E-state index contributed by atoms with van der Waals surface area (Å²) in [6, 6.07) is 13.2. The first kappa shape index (κ1) is 14.5. The first-order valence-corrected chi connectivity index (χ1v) is 6.65. The molecule has 0 bridgehead atoms. The van der Waals surface area contributed by atoms with Crippen molar-refractivity contribution in [3.05, 3.63) is 64.4 Å². The van der Waals surface area contributed by atoms with E-state index in [2.05, 4.69) is 15.9 Å². The third-order valence-corrected chi connectivity index (χ3v) is 3.31. The lowest BCUT2D eigenvalue weighted by Crippen LogP contribution is -2.20. The van der Waals surface area contributed by atoms with Crippen molar-refractivity contribution in [2.45, 2.75) is 6.10 Å². The summed E-state index contributed by atoms with van der Waals surface area (Å²) in [5, 5.41) is 0. The molecule has 0 radical (unpaired) electrons. The van der Waals surface area contributed by atoms with Gasteiger partial charge >= 0.3 is 5.97 Å². The summed E-state index contributed by atoms with van der Waals surface area (Å²) in [5.41, 5.74) is 0.641. The lowest BCUT2D eigenvalue weighted by atomic mass is 10.1. The highest BCUT2D eigenvalue weighted by Gasteiger charge is 2.23. The number of esters is 1. The Hall–Kier alpha value is -1.88. The molecule has 0 saturated heterocycles. The topological polar surface area (TPSA) is 35.5 Å². The smallest absolute Gasteiger partial charge is 0.351 e. The standard InChI is InChI=1S/C15H12BrFO3/c1-19-15(18)14(10-5-3-2-4-6-10)20-11-7-8-12(16)13(17)9-11/h2-9,14H,1H3. The largest absolute Gasteiger partial charge is 0.474 e. The van der Waals surface area contributed by atoms with Gasteiger partial charge in [0.25, 0.3) is 0 Å². The molecule has 3 nitrogen and oxygen atoms in total. The molecule has 2 aromatic rings. The van der Waals surface area contributed by atoms with Crippen molar-refractivity contribution in [2.24, 2.45) is 0 Å². The van der Waals surface area contributed by atoms with E-state index in [0.717, 1.165) is 0 Å². The average molecular weight is 339 g/mol. The highest BCUT2D eigenvalue weighted by Crippen LogP contribution is 2.26. The van der Waals surface area contributed by atoms with Gasteiger partial charge in [0.05, 0.1) is 11.6 Å². The SMILES string of the molecule is COC(=O)C(Oc1ccc(Br)c(F)c1)c1ccccc1. The molecule has 2 rings (SSSR count). The van der Waals surface area contributed by atoms with Crippen molar-refractivity contribution in [3.8, 4) is 5.75 Å². The van der Waals surface area contributed by atoms with Crippen LogP contribution >= 0.6 is 15.9 Å². The van der Waals surface area contributed by atoms with Crippen molar-refractivity contribution < 1.29 is 18.7 Å². The van der Waals surface area contributed by atoms with Gasteiger partial charge in [0.1, 0.15) is 11.6 Å². The van der Waals surface area contributed by atoms with E-state index < -0.39 is 17.9 Å². The van der Waals surface area contributed by atoms with Crippen LogP contribution in [0.1, 0.15) is 11.7 Å². The zero-order chi connectivity index (χ0) is 14.5. The average Bonchev–Trinajstić information content (AvgIpc) is 2.48. The normalized spacial score (nSPS) is 11.8. The van der Waals surface area contributed by atoms with Gasteiger partial charge in [0.15, 0.2) is 0 Å². The maximum atomic E-state index is 13.5. The molecule has 0 aromatic heterocycles. The van der Waals surface area contributed by atoms with Gasteiger partial charge in [0, 0.05) is 11.6 Å². The van der Waals surface area contributed by atoms with Crippen LogP contribution in [0.15, 0.2) is 53.0 Å². The minimum absolute atomic E-state index is 0.255. The van der Waals surface area contributed by atoms with Gasteiger partial charge < -0.3 is 9.47 Å². The highest BCUT2D eigenvalue weighted by molar-refractivity contribution is 9.10. The number of hydrogen-bond donors (Lipinski definition) is 0. The number of hydrogen-bond acceptors (Lipinski definition) is 3. The van der Waals surface area contributed by atoms with Crippen LogP contribution in [0.3, 0.4) is 0 Å². The number of benzene rings is 2. The van der Waals surface area contributed by atoms with Gasteiger partial charge in [-0.25, -0.2) is 9.18 Å². The molecule has 20 heavy (non-hydrogen) atoms. The Balaban J connectivity index is 2.28. The molecule has 1 atom stereocenters. The summed E-state index contributed by atoms with van der Waals surface area (Å²) in [7, 11) is 1.28. The van der Waals surface area contributed by atoms with Crippen LogP contribution < -0.4 is 4.74 Å². The Bertz CT molecular complexity index is 601. The molecule has 1 unspecified atom stereocenters. The van der Waals surface area contributed by atoms with Crippen molar-refractivity contribution in [1.82, 2.24) is 0 Å². The molecular formula is C15H12BrFO3. The molecule has 0 amide bonds. The summed E-state index contributed by atoms with van der Waals surface area (Å²) in [5.74, 6) is -0.747. The van der Waals surface area contributed by atoms with Crippen LogP contribution in [0.2, 0.25) is 0 Å². The van der Waals surface area contributed by atoms with Gasteiger partial charge in [-0.2, -0.15) is 0 Å². The minimum Gasteiger partial charge on any atom is -0.474 e. The zero-order valence-electron chi connectivity index (χ0n) is 10.7. The number of carbonyl (C=O) groups is 1. The van der Waals surface area contributed by atoms with E-state index in [0.29, 0.717) is 10.0 Å². The lowest BCUT2D eigenvalue weighted by molar-refractivity contribution is -0.149. The van der Waals surface area contributed by atoms with Crippen molar-refractivity contribution in [3.63, 3.8) is 0 Å². The molecule has 0 saturated carbocycles. The lowest BCUT2D eigenvalue weighted by Gasteiger charge is -2.17. The van der Waals surface area contributed by atoms with Crippen molar-refractivity contribution in [2.75, 3.05) is 7.11 Å². The first-order valence-electron chi connectivity index (χ1n) is 5.86. The van der Waals surface area contributed by atoms with Crippen LogP contribution in [0.25, 0.3) is 0 Å². The number of rotatable bonds is 4. The molecular weight excluding hydrogens is 327 g/mol. The van der Waals surface area contributed by atoms with E-state index >= 15 is 0 Å². The molecule has 2 aromatic carbocycles. The summed E-state index contributed by atoms with van der Waals surface area (Å²) in [6.45, 7) is 0. The maximum Gasteiger partial charge on any atom is 0.351 e. The predicted octanol–water partition coefficient (Wildman–Crippen LogP) is 3.88. The fourth-order valence-electron chi connectivity index (χ4n) is 1.67. The molecule has 0 N–H and O–H groups in total. The Labute approximate surface area is 124 Å². The van der Waals surface area contributed by atoms with E-state index in [4.69, 9.17) is 9.47 Å². The molecule has 5 heteroatoms. The second kappa shape index (κ2) is 6.52. The molecule has 0 fully saturated rings. The summed E-state index contributed by atoms with van der Waals surface area (Å²) in [6.07, 6.45) is -0.929. The number of carbonyl (C=O) groups excluding carboxylic acids is 1. The second-order valence-electron chi connectivity index (χ2n) is 4.01. The van der Waals surface area contributed by atoms with Crippen molar-refractivity contribution in [1.29, 1.82) is 0 Å². The Morgan fingerprint density at radius 3 is 2.50 bits per heavy atom. The van der Waals surface area contributed by atoms with E-state index in [1.54, 1.807) is 30.3 Å². The van der Waals surface area contributed by atoms with E-state index in [-0.39, 0.29) is 5.75 Å². The van der Waals surface area contributed by atoms with Crippen LogP contribution in [0.4, 0.5) is 4.39 Å². The van der Waals surface area contributed by atoms with Gasteiger partial charge in [-0.1, -0.05) is 30.3 Å². The molecule has 0 spiro atoms. The second-order valence-corrected chi connectivity index (χ2v) is 4.86. The Morgan fingerprint density at radius 2 is 1.90 bits per heavy atom. The quantitative estimate of drug-likeness (QED) is 0.793. The van der Waals surface area contributed by atoms with Crippen LogP contribution in [-0.2, 0) is 9.53 Å². The van der Waals surface area contributed by atoms with Crippen LogP contribution in [0.5, 0.6) is 5.75 Å². The van der Waals surface area contributed by atoms with Gasteiger partial charge in [-0.15, -0.1) is 0 Å². The summed E-state index contributed by atoms with van der Waals surface area (Å²) < 4.78 is 24.1. The molecule has 0 aliphatic heterocycles. The highest BCUT2D eigenvalue weighted by atomic mass is 79.9. The number of methoxy groups -OCH3 is 1. The number of halogens is 2. The minimum atomic E-state index is -0.929. The molecule has 0 aliphatic carbocycles. The fraction of sp³-hybridized carbons (Fsp3) is 0.133. The Kier molecular flexibility index (Phi) is 4.74. The van der Waals surface area contributed by atoms with E-state index in [1.165, 1.54) is 19.2 Å². The summed E-state index contributed by atoms with van der Waals surface area (Å²) >= 11 is 3.06.